The molecule has 0 amide bonds. The van der Waals surface area contributed by atoms with E-state index in [1.54, 1.807) is 30.0 Å². The molecule has 0 saturated heterocycles. The van der Waals surface area contributed by atoms with Gasteiger partial charge in [0.05, 0.1) is 5.92 Å². The van der Waals surface area contributed by atoms with Crippen LogP contribution < -0.4 is 0 Å². The molecule has 0 bridgehead atoms. The van der Waals surface area contributed by atoms with Gasteiger partial charge < -0.3 is 15.3 Å². The number of thioether (sulfide) groups is 1. The summed E-state index contributed by atoms with van der Waals surface area (Å²) < 4.78 is 63.2. The first-order chi connectivity index (χ1) is 19.2. The number of aromatic hydroxyl groups is 2. The molecule has 0 radical (unpaired) electrons. The Morgan fingerprint density at radius 1 is 0.902 bits per heavy atom. The van der Waals surface area contributed by atoms with Crippen LogP contribution in [0, 0.1) is 5.92 Å². The summed E-state index contributed by atoms with van der Waals surface area (Å²) in [6, 6.07) is 12.9. The molecule has 2 aromatic carbocycles. The monoisotopic (exact) mass is 602 g/mol. The highest BCUT2D eigenvalue weighted by Crippen LogP contribution is 2.52. The van der Waals surface area contributed by atoms with Gasteiger partial charge in [-0.25, -0.2) is 0 Å². The average molecular weight is 603 g/mol. The molecule has 0 fully saturated rings. The quantitative estimate of drug-likeness (QED) is 0.140. The minimum atomic E-state index is -5.61. The molecule has 3 rings (SSSR count). The molecule has 3 N–H and O–H groups in total. The number of alkyl halides is 5. The number of carboxylic acids is 1. The lowest BCUT2D eigenvalue weighted by Crippen LogP contribution is -2.36. The Labute approximate surface area is 242 Å². The maximum atomic E-state index is 13.1. The zero-order chi connectivity index (χ0) is 30.3. The van der Waals surface area contributed by atoms with E-state index in [-0.39, 0.29) is 35.7 Å². The van der Waals surface area contributed by atoms with Gasteiger partial charge in [-0.1, -0.05) is 63.6 Å². The van der Waals surface area contributed by atoms with E-state index in [1.165, 1.54) is 5.56 Å². The topological polar surface area (TPSA) is 77.8 Å². The smallest absolute Gasteiger partial charge is 0.453 e. The van der Waals surface area contributed by atoms with Crippen molar-refractivity contribution in [2.75, 3.05) is 5.75 Å². The average Bonchev–Trinajstić information content (AvgIpc) is 2.89. The number of halogens is 5. The van der Waals surface area contributed by atoms with Crippen LogP contribution in [0.5, 0.6) is 11.5 Å². The summed E-state index contributed by atoms with van der Waals surface area (Å²) in [5.41, 5.74) is 2.21. The van der Waals surface area contributed by atoms with E-state index in [9.17, 15) is 42.1 Å². The van der Waals surface area contributed by atoms with Gasteiger partial charge in [0, 0.05) is 22.5 Å². The van der Waals surface area contributed by atoms with Gasteiger partial charge in [0.1, 0.15) is 11.5 Å². The summed E-state index contributed by atoms with van der Waals surface area (Å²) in [6.45, 7) is 2.25. The van der Waals surface area contributed by atoms with E-state index in [0.717, 1.165) is 54.7 Å². The third-order valence-corrected chi connectivity index (χ3v) is 9.71. The number of carbonyl (C=O) groups is 1. The summed E-state index contributed by atoms with van der Waals surface area (Å²) in [7, 11) is 0. The Balaban J connectivity index is 1.45. The number of hydrogen-bond donors (Lipinski definition) is 3. The highest BCUT2D eigenvalue weighted by atomic mass is 32.2. The highest BCUT2D eigenvalue weighted by Gasteiger charge is 2.56. The fourth-order valence-corrected chi connectivity index (χ4v) is 7.16. The SMILES string of the molecule is CC1(c2ccc(O)cc2)CSc2cc(O)ccc2C1CCCCCCCC[C@H](CCCC(F)(F)C(F)(F)F)C(=O)O. The van der Waals surface area contributed by atoms with Crippen molar-refractivity contribution in [2.24, 2.45) is 5.92 Å². The zero-order valence-electron chi connectivity index (χ0n) is 23.2. The molecule has 3 atom stereocenters. The minimum Gasteiger partial charge on any atom is -0.508 e. The summed E-state index contributed by atoms with van der Waals surface area (Å²) in [5.74, 6) is -5.33. The standard InChI is InChI=1S/C31H39F5O4S/c1-29(22-12-14-23(37)15-13-22)20-41-27-19-24(38)16-17-25(27)26(29)11-7-5-3-2-4-6-9-21(28(39)40)10-8-18-30(32,33)31(34,35)36/h12-17,19,21,26,37-38H,2-11,18,20H2,1H3,(H,39,40)/t21-,26?,29?/m1/s1. The van der Waals surface area contributed by atoms with Crippen LogP contribution in [0.25, 0.3) is 0 Å². The molecule has 41 heavy (non-hydrogen) atoms. The van der Waals surface area contributed by atoms with Crippen LogP contribution in [0.15, 0.2) is 47.4 Å². The van der Waals surface area contributed by atoms with Crippen molar-refractivity contribution >= 4 is 17.7 Å². The number of fused-ring (bicyclic) bond motifs is 1. The molecule has 0 spiro atoms. The number of benzene rings is 2. The van der Waals surface area contributed by atoms with Crippen molar-refractivity contribution in [2.45, 2.75) is 106 Å². The first-order valence-corrected chi connectivity index (χ1v) is 15.2. The van der Waals surface area contributed by atoms with E-state index < -0.39 is 36.8 Å². The van der Waals surface area contributed by atoms with E-state index in [1.807, 2.05) is 24.3 Å². The van der Waals surface area contributed by atoms with E-state index >= 15 is 0 Å². The molecule has 0 aliphatic carbocycles. The predicted octanol–water partition coefficient (Wildman–Crippen LogP) is 9.43. The summed E-state index contributed by atoms with van der Waals surface area (Å²) in [5, 5.41) is 29.1. The molecule has 2 unspecified atom stereocenters. The summed E-state index contributed by atoms with van der Waals surface area (Å²) in [6.07, 6.45) is -1.32. The minimum absolute atomic E-state index is 0.155. The second-order valence-corrected chi connectivity index (χ2v) is 12.4. The fourth-order valence-electron chi connectivity index (χ4n) is 5.76. The van der Waals surface area contributed by atoms with Crippen LogP contribution in [0.2, 0.25) is 0 Å². The zero-order valence-corrected chi connectivity index (χ0v) is 24.0. The number of phenols is 2. The summed E-state index contributed by atoms with van der Waals surface area (Å²) >= 11 is 1.73. The third kappa shape index (κ3) is 8.75. The van der Waals surface area contributed by atoms with Gasteiger partial charge in [0.2, 0.25) is 0 Å². The highest BCUT2D eigenvalue weighted by molar-refractivity contribution is 7.99. The van der Waals surface area contributed by atoms with Gasteiger partial charge in [0.25, 0.3) is 0 Å². The normalized spacial score (nSPS) is 20.0. The fraction of sp³-hybridized carbons (Fsp3) is 0.581. The van der Waals surface area contributed by atoms with E-state index in [0.29, 0.717) is 6.42 Å². The maximum absolute atomic E-state index is 13.1. The third-order valence-electron chi connectivity index (χ3n) is 8.30. The second-order valence-electron chi connectivity index (χ2n) is 11.4. The van der Waals surface area contributed by atoms with Crippen LogP contribution in [-0.2, 0) is 10.2 Å². The van der Waals surface area contributed by atoms with Gasteiger partial charge >= 0.3 is 18.1 Å². The molecule has 1 aliphatic rings. The first kappa shape index (κ1) is 33.0. The van der Waals surface area contributed by atoms with Crippen LogP contribution in [0.4, 0.5) is 22.0 Å². The lowest BCUT2D eigenvalue weighted by atomic mass is 9.68. The Morgan fingerprint density at radius 3 is 2.12 bits per heavy atom. The molecule has 0 saturated carbocycles. The van der Waals surface area contributed by atoms with Crippen LogP contribution in [0.1, 0.15) is 94.6 Å². The molecule has 0 aromatic heterocycles. The molecule has 4 nitrogen and oxygen atoms in total. The van der Waals surface area contributed by atoms with Gasteiger partial charge in [-0.3, -0.25) is 4.79 Å². The molecule has 228 valence electrons. The number of rotatable bonds is 15. The number of unbranched alkanes of at least 4 members (excludes halogenated alkanes) is 5. The second kappa shape index (κ2) is 14.1. The van der Waals surface area contributed by atoms with Gasteiger partial charge in [0.15, 0.2) is 0 Å². The Hall–Kier alpha value is -2.49. The lowest BCUT2D eigenvalue weighted by molar-refractivity contribution is -0.284. The number of hydrogen-bond acceptors (Lipinski definition) is 4. The Bertz CT molecular complexity index is 1140. The molecule has 10 heteroatoms. The molecule has 1 aliphatic heterocycles. The van der Waals surface area contributed by atoms with Crippen LogP contribution >= 0.6 is 11.8 Å². The van der Waals surface area contributed by atoms with Crippen molar-refractivity contribution in [1.29, 1.82) is 0 Å². The predicted molar refractivity (Wildman–Crippen MR) is 150 cm³/mol. The van der Waals surface area contributed by atoms with Crippen molar-refractivity contribution in [3.8, 4) is 11.5 Å². The lowest BCUT2D eigenvalue weighted by Gasteiger charge is -2.43. The maximum Gasteiger partial charge on any atom is 0.453 e. The van der Waals surface area contributed by atoms with E-state index in [4.69, 9.17) is 0 Å². The molecular formula is C31H39F5O4S. The van der Waals surface area contributed by atoms with Crippen molar-refractivity contribution in [1.82, 2.24) is 0 Å². The van der Waals surface area contributed by atoms with E-state index in [2.05, 4.69) is 6.92 Å². The van der Waals surface area contributed by atoms with Crippen molar-refractivity contribution in [3.63, 3.8) is 0 Å². The van der Waals surface area contributed by atoms with Gasteiger partial charge in [-0.15, -0.1) is 11.8 Å². The van der Waals surface area contributed by atoms with Gasteiger partial charge in [-0.05, 0) is 67.0 Å². The van der Waals surface area contributed by atoms with Gasteiger partial charge in [-0.2, -0.15) is 22.0 Å². The number of phenolic OH excluding ortho intramolecular Hbond substituents is 2. The van der Waals surface area contributed by atoms with Crippen LogP contribution in [0.3, 0.4) is 0 Å². The van der Waals surface area contributed by atoms with Crippen LogP contribution in [-0.4, -0.2) is 39.1 Å². The molecule has 2 aromatic rings. The summed E-state index contributed by atoms with van der Waals surface area (Å²) in [4.78, 5) is 12.5. The first-order valence-electron chi connectivity index (χ1n) is 14.2. The number of aliphatic carboxylic acids is 1. The van der Waals surface area contributed by atoms with Crippen molar-refractivity contribution in [3.05, 3.63) is 53.6 Å². The largest absolute Gasteiger partial charge is 0.508 e. The van der Waals surface area contributed by atoms with Crippen molar-refractivity contribution < 1.29 is 42.1 Å². The Morgan fingerprint density at radius 2 is 1.49 bits per heavy atom. The Kier molecular flexibility index (Phi) is 11.4. The molecule has 1 heterocycles. The number of carboxylic acid groups (broad SMARTS) is 1. The molecular weight excluding hydrogens is 563 g/mol.